The first-order valence-corrected chi connectivity index (χ1v) is 5.75. The van der Waals surface area contributed by atoms with E-state index in [1.807, 2.05) is 17.8 Å². The highest BCUT2D eigenvalue weighted by molar-refractivity contribution is 5.94. The summed E-state index contributed by atoms with van der Waals surface area (Å²) in [7, 11) is 3.52. The summed E-state index contributed by atoms with van der Waals surface area (Å²) < 4.78 is 14.9. The van der Waals surface area contributed by atoms with Crippen LogP contribution in [0, 0.1) is 5.82 Å². The maximum absolute atomic E-state index is 13.1. The fourth-order valence-electron chi connectivity index (χ4n) is 1.73. The minimum absolute atomic E-state index is 0.0313. The zero-order chi connectivity index (χ0) is 14.0. The molecule has 0 unspecified atom stereocenters. The molecule has 2 aromatic rings. The van der Waals surface area contributed by atoms with Gasteiger partial charge in [-0.1, -0.05) is 0 Å². The van der Waals surface area contributed by atoms with Crippen LogP contribution in [0.3, 0.4) is 0 Å². The van der Waals surface area contributed by atoms with Gasteiger partial charge in [0.05, 0.1) is 12.2 Å². The summed E-state index contributed by atoms with van der Waals surface area (Å²) in [4.78, 5) is 17.8. The number of halogens is 1. The van der Waals surface area contributed by atoms with Gasteiger partial charge in [-0.2, -0.15) is 0 Å². The zero-order valence-corrected chi connectivity index (χ0v) is 10.8. The van der Waals surface area contributed by atoms with Crippen molar-refractivity contribution in [1.82, 2.24) is 14.5 Å². The fraction of sp³-hybridized carbons (Fsp3) is 0.231. The summed E-state index contributed by atoms with van der Waals surface area (Å²) in [5.41, 5.74) is 5.78. The molecule has 1 aromatic heterocycles. The van der Waals surface area contributed by atoms with E-state index in [0.29, 0.717) is 12.1 Å². The molecule has 0 aliphatic rings. The molecule has 2 N–H and O–H groups in total. The zero-order valence-electron chi connectivity index (χ0n) is 10.8. The third-order valence-electron chi connectivity index (χ3n) is 2.89. The molecular formula is C13H15FN4O. The molecule has 2 rings (SSSR count). The van der Waals surface area contributed by atoms with E-state index in [0.717, 1.165) is 5.82 Å². The van der Waals surface area contributed by atoms with Gasteiger partial charge in [-0.05, 0) is 18.2 Å². The predicted octanol–water partition coefficient (Wildman–Crippen LogP) is 1.41. The molecule has 0 bridgehead atoms. The van der Waals surface area contributed by atoms with E-state index in [4.69, 9.17) is 5.73 Å². The van der Waals surface area contributed by atoms with Crippen LogP contribution < -0.4 is 5.73 Å². The molecule has 1 heterocycles. The molecule has 0 spiro atoms. The van der Waals surface area contributed by atoms with Gasteiger partial charge in [0.1, 0.15) is 11.6 Å². The van der Waals surface area contributed by atoms with E-state index in [9.17, 15) is 9.18 Å². The van der Waals surface area contributed by atoms with E-state index in [1.54, 1.807) is 13.2 Å². The molecular weight excluding hydrogens is 247 g/mol. The number of hydrogen-bond acceptors (Lipinski definition) is 3. The Bertz CT molecular complexity index is 608. The number of anilines is 1. The van der Waals surface area contributed by atoms with Crippen molar-refractivity contribution < 1.29 is 9.18 Å². The number of hydrogen-bond donors (Lipinski definition) is 1. The molecule has 0 atom stereocenters. The van der Waals surface area contributed by atoms with Crippen LogP contribution >= 0.6 is 0 Å². The fourth-order valence-corrected chi connectivity index (χ4v) is 1.73. The number of benzene rings is 1. The van der Waals surface area contributed by atoms with Crippen molar-refractivity contribution >= 4 is 11.6 Å². The average Bonchev–Trinajstić information content (AvgIpc) is 2.77. The number of nitrogen functional groups attached to an aromatic ring is 1. The number of rotatable bonds is 3. The summed E-state index contributed by atoms with van der Waals surface area (Å²) >= 11 is 0. The average molecular weight is 262 g/mol. The van der Waals surface area contributed by atoms with Crippen LogP contribution in [0.5, 0.6) is 0 Å². The van der Waals surface area contributed by atoms with Gasteiger partial charge < -0.3 is 15.2 Å². The Morgan fingerprint density at radius 2 is 2.26 bits per heavy atom. The second-order valence-electron chi connectivity index (χ2n) is 4.35. The van der Waals surface area contributed by atoms with Crippen molar-refractivity contribution in [3.63, 3.8) is 0 Å². The summed E-state index contributed by atoms with van der Waals surface area (Å²) in [6.07, 6.45) is 3.48. The van der Waals surface area contributed by atoms with Crippen LogP contribution in [-0.2, 0) is 13.6 Å². The van der Waals surface area contributed by atoms with E-state index < -0.39 is 5.82 Å². The van der Waals surface area contributed by atoms with E-state index in [2.05, 4.69) is 4.98 Å². The Balaban J connectivity index is 2.15. The second-order valence-corrected chi connectivity index (χ2v) is 4.35. The number of carbonyl (C=O) groups excluding carboxylic acids is 1. The number of nitrogens with two attached hydrogens (primary N) is 1. The molecule has 0 radical (unpaired) electrons. The number of nitrogens with zero attached hydrogens (tertiary/aromatic N) is 3. The van der Waals surface area contributed by atoms with Crippen molar-refractivity contribution in [2.45, 2.75) is 6.54 Å². The van der Waals surface area contributed by atoms with Crippen molar-refractivity contribution in [3.05, 3.63) is 47.8 Å². The number of amides is 1. The van der Waals surface area contributed by atoms with Gasteiger partial charge in [0.25, 0.3) is 5.91 Å². The standard InChI is InChI=1S/C13H15FN4O/c1-17-6-5-16-12(17)8-18(2)13(19)9-3-4-10(14)11(15)7-9/h3-7H,8,15H2,1-2H3. The Labute approximate surface area is 110 Å². The quantitative estimate of drug-likeness (QED) is 0.851. The Morgan fingerprint density at radius 3 is 2.84 bits per heavy atom. The lowest BCUT2D eigenvalue weighted by Gasteiger charge is -2.17. The van der Waals surface area contributed by atoms with Gasteiger partial charge in [-0.3, -0.25) is 4.79 Å². The lowest BCUT2D eigenvalue weighted by molar-refractivity contribution is 0.0780. The second kappa shape index (κ2) is 5.09. The third-order valence-corrected chi connectivity index (χ3v) is 2.89. The van der Waals surface area contributed by atoms with Gasteiger partial charge in [0.2, 0.25) is 0 Å². The van der Waals surface area contributed by atoms with Gasteiger partial charge in [-0.15, -0.1) is 0 Å². The summed E-state index contributed by atoms with van der Waals surface area (Å²) in [5, 5.41) is 0. The third kappa shape index (κ3) is 2.73. The van der Waals surface area contributed by atoms with E-state index >= 15 is 0 Å². The lowest BCUT2D eigenvalue weighted by Crippen LogP contribution is -2.27. The minimum Gasteiger partial charge on any atom is -0.396 e. The first-order chi connectivity index (χ1) is 8.99. The monoisotopic (exact) mass is 262 g/mol. The summed E-state index contributed by atoms with van der Waals surface area (Å²) in [6, 6.07) is 3.95. The first kappa shape index (κ1) is 13.1. The van der Waals surface area contributed by atoms with Crippen LogP contribution in [0.1, 0.15) is 16.2 Å². The largest absolute Gasteiger partial charge is 0.396 e. The molecule has 1 amide bonds. The number of carbonyl (C=O) groups is 1. The molecule has 0 aliphatic heterocycles. The Morgan fingerprint density at radius 1 is 1.53 bits per heavy atom. The van der Waals surface area contributed by atoms with Crippen LogP contribution in [0.2, 0.25) is 0 Å². The predicted molar refractivity (Wildman–Crippen MR) is 69.8 cm³/mol. The Hall–Kier alpha value is -2.37. The van der Waals surface area contributed by atoms with Gasteiger partial charge >= 0.3 is 0 Å². The lowest BCUT2D eigenvalue weighted by atomic mass is 10.1. The van der Waals surface area contributed by atoms with Crippen molar-refractivity contribution in [3.8, 4) is 0 Å². The highest BCUT2D eigenvalue weighted by Gasteiger charge is 2.15. The maximum atomic E-state index is 13.1. The Kier molecular flexibility index (Phi) is 3.50. The van der Waals surface area contributed by atoms with E-state index in [1.165, 1.54) is 23.1 Å². The number of aromatic nitrogens is 2. The normalized spacial score (nSPS) is 10.5. The van der Waals surface area contributed by atoms with Crippen LogP contribution in [-0.4, -0.2) is 27.4 Å². The maximum Gasteiger partial charge on any atom is 0.254 e. The molecule has 6 heteroatoms. The molecule has 0 saturated carbocycles. The van der Waals surface area contributed by atoms with Crippen LogP contribution in [0.15, 0.2) is 30.6 Å². The molecule has 5 nitrogen and oxygen atoms in total. The minimum atomic E-state index is -0.525. The highest BCUT2D eigenvalue weighted by Crippen LogP contribution is 2.14. The van der Waals surface area contributed by atoms with Gasteiger partial charge in [0.15, 0.2) is 0 Å². The molecule has 19 heavy (non-hydrogen) atoms. The molecule has 1 aromatic carbocycles. The van der Waals surface area contributed by atoms with Gasteiger partial charge in [-0.25, -0.2) is 9.37 Å². The molecule has 0 saturated heterocycles. The highest BCUT2D eigenvalue weighted by atomic mass is 19.1. The smallest absolute Gasteiger partial charge is 0.254 e. The van der Waals surface area contributed by atoms with Crippen LogP contribution in [0.25, 0.3) is 0 Å². The summed E-state index contributed by atoms with van der Waals surface area (Å²) in [5.74, 6) is 0.0175. The van der Waals surface area contributed by atoms with Crippen molar-refractivity contribution in [2.24, 2.45) is 7.05 Å². The van der Waals surface area contributed by atoms with Gasteiger partial charge in [0, 0.05) is 32.1 Å². The molecule has 0 fully saturated rings. The topological polar surface area (TPSA) is 64.2 Å². The molecule has 100 valence electrons. The SMILES string of the molecule is CN(Cc1nccn1C)C(=O)c1ccc(F)c(N)c1. The first-order valence-electron chi connectivity index (χ1n) is 5.75. The van der Waals surface area contributed by atoms with Crippen molar-refractivity contribution in [1.29, 1.82) is 0 Å². The molecule has 0 aliphatic carbocycles. The van der Waals surface area contributed by atoms with Crippen LogP contribution in [0.4, 0.5) is 10.1 Å². The number of aryl methyl sites for hydroxylation is 1. The number of imidazole rings is 1. The summed E-state index contributed by atoms with van der Waals surface area (Å²) in [6.45, 7) is 0.375. The van der Waals surface area contributed by atoms with E-state index in [-0.39, 0.29) is 11.6 Å². The van der Waals surface area contributed by atoms with Crippen molar-refractivity contribution in [2.75, 3.05) is 12.8 Å².